The van der Waals surface area contributed by atoms with E-state index >= 15 is 0 Å². The summed E-state index contributed by atoms with van der Waals surface area (Å²) in [6.07, 6.45) is 1.43. The Labute approximate surface area is 156 Å². The summed E-state index contributed by atoms with van der Waals surface area (Å²) in [6.45, 7) is 0.398. The van der Waals surface area contributed by atoms with Gasteiger partial charge in [-0.05, 0) is 55.1 Å². The summed E-state index contributed by atoms with van der Waals surface area (Å²) in [6, 6.07) is 12.6. The number of halogens is 1. The molecule has 0 radical (unpaired) electrons. The lowest BCUT2D eigenvalue weighted by Crippen LogP contribution is -2.13. The molecule has 26 heavy (non-hydrogen) atoms. The van der Waals surface area contributed by atoms with E-state index in [0.717, 1.165) is 3.97 Å². The van der Waals surface area contributed by atoms with Crippen LogP contribution in [0.15, 0.2) is 65.7 Å². The van der Waals surface area contributed by atoms with Crippen LogP contribution in [0.2, 0.25) is 0 Å². The lowest BCUT2D eigenvalue weighted by atomic mass is 10.1. The maximum absolute atomic E-state index is 14.4. The van der Waals surface area contributed by atoms with Crippen LogP contribution in [0.5, 0.6) is 5.75 Å². The summed E-state index contributed by atoms with van der Waals surface area (Å²) in [5, 5.41) is 2.94. The molecule has 1 N–H and O–H groups in total. The molecule has 1 aromatic heterocycles. The van der Waals surface area contributed by atoms with Gasteiger partial charge in [-0.15, -0.1) is 0 Å². The highest BCUT2D eigenvalue weighted by Crippen LogP contribution is 2.29. The third-order valence-electron chi connectivity index (χ3n) is 3.87. The van der Waals surface area contributed by atoms with E-state index in [0.29, 0.717) is 12.1 Å². The number of nitrogens with zero attached hydrogens (tertiary/aromatic N) is 1. The molecule has 0 spiro atoms. The average molecular weight is 377 g/mol. The fourth-order valence-corrected chi connectivity index (χ4v) is 4.05. The van der Waals surface area contributed by atoms with E-state index in [1.807, 2.05) is 0 Å². The highest BCUT2D eigenvalue weighted by atomic mass is 32.2. The molecule has 0 unspecified atom stereocenters. The fourth-order valence-electron chi connectivity index (χ4n) is 2.65. The number of methoxy groups -OCH3 is 1. The number of hydrogen-bond acceptors (Lipinski definition) is 4. The van der Waals surface area contributed by atoms with Crippen LogP contribution in [0, 0.1) is 5.82 Å². The van der Waals surface area contributed by atoms with E-state index in [1.54, 1.807) is 19.2 Å². The van der Waals surface area contributed by atoms with E-state index in [-0.39, 0.29) is 21.9 Å². The van der Waals surface area contributed by atoms with Gasteiger partial charge in [0.2, 0.25) is 0 Å². The van der Waals surface area contributed by atoms with Gasteiger partial charge in [0.05, 0.1) is 21.7 Å². The molecule has 136 valence electrons. The van der Waals surface area contributed by atoms with Crippen molar-refractivity contribution >= 4 is 10.0 Å². The van der Waals surface area contributed by atoms with Gasteiger partial charge < -0.3 is 10.1 Å². The predicted octanol–water partition coefficient (Wildman–Crippen LogP) is 3.26. The monoisotopic (exact) mass is 377 g/mol. The second kappa shape index (κ2) is 7.31. The van der Waals surface area contributed by atoms with Crippen molar-refractivity contribution in [3.05, 3.63) is 72.2 Å². The minimum absolute atomic E-state index is 0.0154. The van der Waals surface area contributed by atoms with Gasteiger partial charge in [-0.3, -0.25) is 0 Å². The lowest BCUT2D eigenvalue weighted by molar-refractivity contribution is 0.414. The molecule has 0 fully saturated rings. The molecule has 0 saturated heterocycles. The molecule has 0 bridgehead atoms. The summed E-state index contributed by atoms with van der Waals surface area (Å²) in [5.74, 6) is -0.527. The average Bonchev–Trinajstić information content (AvgIpc) is 3.06. The highest BCUT2D eigenvalue weighted by molar-refractivity contribution is 7.90. The second-order valence-corrected chi connectivity index (χ2v) is 7.43. The zero-order valence-corrected chi connectivity index (χ0v) is 14.8. The number of aromatic nitrogens is 1. The molecule has 0 saturated carbocycles. The van der Waals surface area contributed by atoms with Crippen LogP contribution in [0.1, 0.15) is 9.68 Å². The first-order valence-electron chi connectivity index (χ1n) is 9.27. The van der Waals surface area contributed by atoms with Gasteiger partial charge in [0, 0.05) is 18.3 Å². The molecule has 0 atom stereocenters. The maximum Gasteiger partial charge on any atom is 0.268 e. The van der Waals surface area contributed by atoms with Crippen LogP contribution < -0.4 is 10.1 Å². The molecule has 0 aliphatic carbocycles. The molecule has 0 amide bonds. The first-order valence-corrected chi connectivity index (χ1v) is 9.21. The summed E-state index contributed by atoms with van der Waals surface area (Å²) >= 11 is 0. The van der Waals surface area contributed by atoms with Crippen molar-refractivity contribution in [2.24, 2.45) is 0 Å². The van der Waals surface area contributed by atoms with Crippen molar-refractivity contribution in [2.75, 3.05) is 14.1 Å². The van der Waals surface area contributed by atoms with Gasteiger partial charge in [-0.1, -0.05) is 12.1 Å². The van der Waals surface area contributed by atoms with Gasteiger partial charge in [0.15, 0.2) is 0 Å². The summed E-state index contributed by atoms with van der Waals surface area (Å²) in [5.41, 5.74) is 1.01. The number of ether oxygens (including phenoxy) is 1. The third-order valence-corrected chi connectivity index (χ3v) is 5.56. The molecule has 2 aromatic carbocycles. The van der Waals surface area contributed by atoms with Gasteiger partial charge in [-0.2, -0.15) is 0 Å². The van der Waals surface area contributed by atoms with E-state index in [4.69, 9.17) is 8.85 Å². The van der Waals surface area contributed by atoms with Crippen LogP contribution in [-0.4, -0.2) is 26.5 Å². The van der Waals surface area contributed by atoms with Crippen molar-refractivity contribution in [1.29, 1.82) is 0 Å². The van der Waals surface area contributed by atoms with Crippen molar-refractivity contribution < 1.29 is 21.7 Å². The SMILES string of the molecule is [2H]C([2H])([2H])Oc1ccc(S(=O)(=O)n2cc(CNC)cc2-c2ccccc2F)cc1. The minimum atomic E-state index is -4.07. The summed E-state index contributed by atoms with van der Waals surface area (Å²) < 4.78 is 67.9. The Bertz CT molecular complexity index is 1110. The third kappa shape index (κ3) is 3.36. The Morgan fingerprint density at radius 1 is 1.19 bits per heavy atom. The number of rotatable bonds is 6. The second-order valence-electron chi connectivity index (χ2n) is 5.62. The Balaban J connectivity index is 2.08. The van der Waals surface area contributed by atoms with Crippen molar-refractivity contribution in [1.82, 2.24) is 9.29 Å². The summed E-state index contributed by atoms with van der Waals surface area (Å²) in [4.78, 5) is -0.0837. The van der Waals surface area contributed by atoms with Gasteiger partial charge >= 0.3 is 0 Å². The van der Waals surface area contributed by atoms with Crippen molar-refractivity contribution in [3.63, 3.8) is 0 Å². The van der Waals surface area contributed by atoms with Crippen molar-refractivity contribution in [3.8, 4) is 17.0 Å². The largest absolute Gasteiger partial charge is 0.497 e. The Morgan fingerprint density at radius 2 is 1.92 bits per heavy atom. The zero-order valence-electron chi connectivity index (χ0n) is 16.9. The van der Waals surface area contributed by atoms with Gasteiger partial charge in [0.25, 0.3) is 10.0 Å². The van der Waals surface area contributed by atoms with Crippen LogP contribution in [0.4, 0.5) is 4.39 Å². The maximum atomic E-state index is 14.4. The zero-order chi connectivity index (χ0) is 21.2. The lowest BCUT2D eigenvalue weighted by Gasteiger charge is -2.11. The smallest absolute Gasteiger partial charge is 0.268 e. The molecular weight excluding hydrogens is 355 g/mol. The molecule has 0 aliphatic heterocycles. The Morgan fingerprint density at radius 3 is 2.58 bits per heavy atom. The van der Waals surface area contributed by atoms with E-state index < -0.39 is 22.9 Å². The highest BCUT2D eigenvalue weighted by Gasteiger charge is 2.23. The van der Waals surface area contributed by atoms with Crippen LogP contribution >= 0.6 is 0 Å². The predicted molar refractivity (Wildman–Crippen MR) is 98.2 cm³/mol. The molecule has 1 heterocycles. The van der Waals surface area contributed by atoms with Crippen molar-refractivity contribution in [2.45, 2.75) is 11.4 Å². The Kier molecular flexibility index (Phi) is 4.08. The molecule has 0 aliphatic rings. The van der Waals surface area contributed by atoms with Crippen LogP contribution in [0.3, 0.4) is 0 Å². The van der Waals surface area contributed by atoms with E-state index in [2.05, 4.69) is 5.32 Å². The Hall–Kier alpha value is -2.64. The summed E-state index contributed by atoms with van der Waals surface area (Å²) in [7, 11) is -4.98. The quantitative estimate of drug-likeness (QED) is 0.716. The van der Waals surface area contributed by atoms with E-state index in [1.165, 1.54) is 48.7 Å². The van der Waals surface area contributed by atoms with E-state index in [9.17, 15) is 12.8 Å². The van der Waals surface area contributed by atoms with Crippen LogP contribution in [0.25, 0.3) is 11.3 Å². The molecular formula is C19H19FN2O3S. The number of benzene rings is 2. The molecule has 3 rings (SSSR count). The topological polar surface area (TPSA) is 60.3 Å². The minimum Gasteiger partial charge on any atom is -0.497 e. The molecule has 7 heteroatoms. The fraction of sp³-hybridized carbons (Fsp3) is 0.158. The van der Waals surface area contributed by atoms with Gasteiger partial charge in [-0.25, -0.2) is 16.8 Å². The standard InChI is InChI=1S/C19H19FN2O3S/c1-21-12-14-11-19(17-5-3-4-6-18(17)20)22(13-14)26(23,24)16-9-7-15(25-2)8-10-16/h3-11,13,21H,12H2,1-2H3/i2D3. The molecule has 3 aromatic rings. The number of nitrogens with one attached hydrogen (secondary N) is 1. The van der Waals surface area contributed by atoms with Gasteiger partial charge in [0.1, 0.15) is 11.6 Å². The van der Waals surface area contributed by atoms with Crippen LogP contribution in [-0.2, 0) is 16.6 Å². The first-order chi connectivity index (χ1) is 13.6. The number of hydrogen-bond donors (Lipinski definition) is 1. The normalized spacial score (nSPS) is 13.7. The molecule has 5 nitrogen and oxygen atoms in total. The first kappa shape index (κ1) is 14.5.